The van der Waals surface area contributed by atoms with Gasteiger partial charge in [0.05, 0.1) is 6.20 Å². The molecule has 0 radical (unpaired) electrons. The molecule has 0 bridgehead atoms. The van der Waals surface area contributed by atoms with E-state index in [0.29, 0.717) is 0 Å². The van der Waals surface area contributed by atoms with E-state index in [-0.39, 0.29) is 5.41 Å². The topological polar surface area (TPSA) is 25.8 Å². The lowest BCUT2D eigenvalue weighted by Crippen LogP contribution is -2.26. The molecule has 0 amide bonds. The van der Waals surface area contributed by atoms with E-state index in [1.165, 1.54) is 11.0 Å². The van der Waals surface area contributed by atoms with Crippen LogP contribution in [0.15, 0.2) is 12.4 Å². The lowest BCUT2D eigenvalue weighted by atomic mass is 9.76. The van der Waals surface area contributed by atoms with Gasteiger partial charge in [0, 0.05) is 6.20 Å². The molecule has 0 unspecified atom stereocenters. The maximum Gasteiger partial charge on any atom is 0.141 e. The van der Waals surface area contributed by atoms with Crippen LogP contribution in [0, 0.1) is 0 Å². The summed E-state index contributed by atoms with van der Waals surface area (Å²) in [5.74, 6) is 0. The lowest BCUT2D eigenvalue weighted by molar-refractivity contribution is 0.506. The van der Waals surface area contributed by atoms with Crippen molar-refractivity contribution in [3.63, 3.8) is 0 Å². The summed E-state index contributed by atoms with van der Waals surface area (Å²) in [5, 5.41) is 7.75. The van der Waals surface area contributed by atoms with Gasteiger partial charge in [-0.1, -0.05) is 26.2 Å². The second kappa shape index (κ2) is 3.25. The van der Waals surface area contributed by atoms with E-state index in [1.54, 1.807) is 0 Å². The largest absolute Gasteiger partial charge is 0.160 e. The van der Waals surface area contributed by atoms with Crippen molar-refractivity contribution in [2.45, 2.75) is 32.6 Å². The molecule has 0 saturated heterocycles. The maximum absolute atomic E-state index is 3.91. The van der Waals surface area contributed by atoms with Crippen molar-refractivity contribution >= 4 is 13.3 Å². The molecule has 12 heavy (non-hydrogen) atoms. The number of hydrogen-bond donors (Lipinski definition) is 0. The normalized spacial score (nSPS) is 11.6. The fourth-order valence-electron chi connectivity index (χ4n) is 1.28. The highest BCUT2D eigenvalue weighted by Gasteiger charge is 2.19. The predicted molar refractivity (Wildman–Crippen MR) is 53.5 cm³/mol. The Morgan fingerprint density at radius 1 is 1.33 bits per heavy atom. The summed E-state index contributed by atoms with van der Waals surface area (Å²) in [6, 6.07) is 0. The molecule has 1 heterocycles. The van der Waals surface area contributed by atoms with Crippen molar-refractivity contribution in [3.05, 3.63) is 18.0 Å². The average Bonchev–Trinajstić information content (AvgIpc) is 2.05. The summed E-state index contributed by atoms with van der Waals surface area (Å²) in [6.07, 6.45) is 4.82. The van der Waals surface area contributed by atoms with E-state index in [0.717, 1.165) is 6.42 Å². The van der Waals surface area contributed by atoms with Crippen LogP contribution in [0.3, 0.4) is 0 Å². The number of nitrogens with zero attached hydrogens (tertiary/aromatic N) is 2. The molecule has 3 heteroatoms. The van der Waals surface area contributed by atoms with Crippen LogP contribution < -0.4 is 5.46 Å². The molecule has 64 valence electrons. The van der Waals surface area contributed by atoms with Gasteiger partial charge in [-0.3, -0.25) is 0 Å². The van der Waals surface area contributed by atoms with Crippen LogP contribution in [0.1, 0.15) is 32.8 Å². The van der Waals surface area contributed by atoms with Crippen molar-refractivity contribution in [1.82, 2.24) is 10.2 Å². The van der Waals surface area contributed by atoms with Gasteiger partial charge in [0.1, 0.15) is 7.85 Å². The maximum atomic E-state index is 3.91. The molecule has 2 nitrogen and oxygen atoms in total. The smallest absolute Gasteiger partial charge is 0.141 e. The van der Waals surface area contributed by atoms with Crippen molar-refractivity contribution in [3.8, 4) is 0 Å². The minimum atomic E-state index is 0.222. The van der Waals surface area contributed by atoms with Gasteiger partial charge in [-0.25, -0.2) is 0 Å². The molecule has 0 aliphatic carbocycles. The van der Waals surface area contributed by atoms with Crippen LogP contribution in [-0.4, -0.2) is 18.0 Å². The summed E-state index contributed by atoms with van der Waals surface area (Å²) < 4.78 is 0. The summed E-state index contributed by atoms with van der Waals surface area (Å²) >= 11 is 0. The Hall–Kier alpha value is -0.855. The standard InChI is InChI=1S/C9H15BN2/c1-4-9(2,3)7-5-11-12-6-8(7)10/h5-6H,4,10H2,1-3H3. The fraction of sp³-hybridized carbons (Fsp3) is 0.556. The molecule has 0 N–H and O–H groups in total. The molecule has 0 fully saturated rings. The second-order valence-corrected chi connectivity index (χ2v) is 3.82. The Morgan fingerprint density at radius 3 is 2.42 bits per heavy atom. The molecule has 1 aromatic rings. The van der Waals surface area contributed by atoms with Gasteiger partial charge in [0.2, 0.25) is 0 Å². The Bertz CT molecular complexity index is 271. The molecule has 0 aliphatic rings. The van der Waals surface area contributed by atoms with Gasteiger partial charge >= 0.3 is 0 Å². The van der Waals surface area contributed by atoms with Crippen LogP contribution in [0.25, 0.3) is 0 Å². The van der Waals surface area contributed by atoms with Gasteiger partial charge < -0.3 is 0 Å². The molecule has 0 saturated carbocycles. The van der Waals surface area contributed by atoms with Crippen molar-refractivity contribution in [2.75, 3.05) is 0 Å². The van der Waals surface area contributed by atoms with E-state index < -0.39 is 0 Å². The zero-order chi connectivity index (χ0) is 9.19. The highest BCUT2D eigenvalue weighted by molar-refractivity contribution is 6.33. The fourth-order valence-corrected chi connectivity index (χ4v) is 1.28. The van der Waals surface area contributed by atoms with Gasteiger partial charge in [-0.2, -0.15) is 10.2 Å². The lowest BCUT2D eigenvalue weighted by Gasteiger charge is -2.24. The van der Waals surface area contributed by atoms with Crippen LogP contribution >= 0.6 is 0 Å². The molecule has 0 atom stereocenters. The Balaban J connectivity index is 3.10. The van der Waals surface area contributed by atoms with Crippen LogP contribution in [0.5, 0.6) is 0 Å². The second-order valence-electron chi connectivity index (χ2n) is 3.82. The first-order valence-electron chi connectivity index (χ1n) is 4.35. The third-order valence-corrected chi connectivity index (χ3v) is 2.54. The Morgan fingerprint density at radius 2 is 1.92 bits per heavy atom. The van der Waals surface area contributed by atoms with Crippen molar-refractivity contribution in [1.29, 1.82) is 0 Å². The van der Waals surface area contributed by atoms with Crippen LogP contribution in [-0.2, 0) is 5.41 Å². The van der Waals surface area contributed by atoms with E-state index in [2.05, 4.69) is 38.8 Å². The van der Waals surface area contributed by atoms with Gasteiger partial charge in [-0.05, 0) is 17.4 Å². The van der Waals surface area contributed by atoms with E-state index >= 15 is 0 Å². The highest BCUT2D eigenvalue weighted by atomic mass is 15.1. The molecule has 0 spiro atoms. The van der Waals surface area contributed by atoms with Crippen LogP contribution in [0.4, 0.5) is 0 Å². The van der Waals surface area contributed by atoms with E-state index in [4.69, 9.17) is 0 Å². The summed E-state index contributed by atoms with van der Waals surface area (Å²) in [4.78, 5) is 0. The number of aromatic nitrogens is 2. The van der Waals surface area contributed by atoms with Gasteiger partial charge in [0.25, 0.3) is 0 Å². The van der Waals surface area contributed by atoms with E-state index in [1.807, 2.05) is 12.4 Å². The first-order chi connectivity index (χ1) is 5.58. The number of hydrogen-bond acceptors (Lipinski definition) is 2. The molecule has 0 aliphatic heterocycles. The molecular weight excluding hydrogens is 147 g/mol. The summed E-state index contributed by atoms with van der Waals surface area (Å²) in [7, 11) is 2.08. The van der Waals surface area contributed by atoms with Crippen molar-refractivity contribution in [2.24, 2.45) is 0 Å². The minimum absolute atomic E-state index is 0.222. The SMILES string of the molecule is Bc1cnncc1C(C)(C)CC. The average molecular weight is 162 g/mol. The third-order valence-electron chi connectivity index (χ3n) is 2.54. The zero-order valence-electron chi connectivity index (χ0n) is 8.26. The predicted octanol–water partition coefficient (Wildman–Crippen LogP) is 0.423. The highest BCUT2D eigenvalue weighted by Crippen LogP contribution is 2.23. The molecular formula is C9H15BN2. The Kier molecular flexibility index (Phi) is 2.50. The zero-order valence-corrected chi connectivity index (χ0v) is 8.26. The van der Waals surface area contributed by atoms with Crippen molar-refractivity contribution < 1.29 is 0 Å². The summed E-state index contributed by atoms with van der Waals surface area (Å²) in [5.41, 5.74) is 2.76. The molecule has 1 rings (SSSR count). The number of rotatable bonds is 2. The first-order valence-corrected chi connectivity index (χ1v) is 4.35. The van der Waals surface area contributed by atoms with Gasteiger partial charge in [0.15, 0.2) is 0 Å². The first kappa shape index (κ1) is 9.23. The van der Waals surface area contributed by atoms with E-state index in [9.17, 15) is 0 Å². The third kappa shape index (κ3) is 1.66. The van der Waals surface area contributed by atoms with Gasteiger partial charge in [-0.15, -0.1) is 0 Å². The monoisotopic (exact) mass is 162 g/mol. The molecule has 1 aromatic heterocycles. The minimum Gasteiger partial charge on any atom is -0.160 e. The quantitative estimate of drug-likeness (QED) is 0.589. The molecule has 0 aromatic carbocycles. The summed E-state index contributed by atoms with van der Waals surface area (Å²) in [6.45, 7) is 6.66. The van der Waals surface area contributed by atoms with Crippen LogP contribution in [0.2, 0.25) is 0 Å². The Labute approximate surface area is 74.8 Å².